The van der Waals surface area contributed by atoms with Crippen molar-refractivity contribution in [2.24, 2.45) is 0 Å². The molecule has 0 nitrogen and oxygen atoms in total. The van der Waals surface area contributed by atoms with Crippen molar-refractivity contribution in [3.63, 3.8) is 0 Å². The van der Waals surface area contributed by atoms with E-state index in [-0.39, 0.29) is 21.1 Å². The van der Waals surface area contributed by atoms with Crippen molar-refractivity contribution >= 4 is 10.2 Å². The Morgan fingerprint density at radius 3 is 2.00 bits per heavy atom. The van der Waals surface area contributed by atoms with Crippen LogP contribution in [0.2, 0.25) is 5.54 Å². The molecule has 0 aromatic rings. The van der Waals surface area contributed by atoms with E-state index in [2.05, 4.69) is 13.5 Å². The van der Waals surface area contributed by atoms with Crippen LogP contribution in [-0.2, 0) is 21.1 Å². The van der Waals surface area contributed by atoms with Crippen LogP contribution in [0.3, 0.4) is 0 Å². The summed E-state index contributed by atoms with van der Waals surface area (Å²) in [5.74, 6) is 0. The summed E-state index contributed by atoms with van der Waals surface area (Å²) in [5, 5.41) is 0. The third-order valence-corrected chi connectivity index (χ3v) is 0.874. The second-order valence-corrected chi connectivity index (χ2v) is 2.70. The van der Waals surface area contributed by atoms with E-state index in [4.69, 9.17) is 0 Å². The summed E-state index contributed by atoms with van der Waals surface area (Å²) >= 11 is 0. The zero-order chi connectivity index (χ0) is 4.28. The van der Waals surface area contributed by atoms with E-state index >= 15 is 0 Å². The molecule has 0 saturated heterocycles. The number of hydrogen-bond acceptors (Lipinski definition) is 0. The number of rotatable bonds is 1. The van der Waals surface area contributed by atoms with Gasteiger partial charge in [0.15, 0.2) is 0 Å². The quantitative estimate of drug-likeness (QED) is 0.307. The Morgan fingerprint density at radius 2 is 2.00 bits per heavy atom. The first-order valence-corrected chi connectivity index (χ1v) is 2.88. The summed E-state index contributed by atoms with van der Waals surface area (Å²) in [5.41, 5.74) is 0.537. The van der Waals surface area contributed by atoms with Gasteiger partial charge in [0.05, 0.1) is 0 Å². The van der Waals surface area contributed by atoms with Crippen LogP contribution in [0.4, 0.5) is 0 Å². The first kappa shape index (κ1) is 9.81. The minimum atomic E-state index is 0. The predicted octanol–water partition coefficient (Wildman–Crippen LogP) is 0.158. The maximum atomic E-state index is 3.70. The predicted molar refractivity (Wildman–Crippen MR) is 29.2 cm³/mol. The second kappa shape index (κ2) is 5.65. The van der Waals surface area contributed by atoms with Crippen molar-refractivity contribution in [3.05, 3.63) is 19.6 Å². The van der Waals surface area contributed by atoms with Crippen LogP contribution in [0.5, 0.6) is 0 Å². The van der Waals surface area contributed by atoms with Crippen molar-refractivity contribution in [1.29, 1.82) is 0 Å². The fourth-order valence-electron chi connectivity index (χ4n) is 0. The molecule has 0 heterocycles. The molecule has 0 spiro atoms. The van der Waals surface area contributed by atoms with Crippen LogP contribution in [-0.4, -0.2) is 10.2 Å². The first-order valence-electron chi connectivity index (χ1n) is 1.73. The zero-order valence-electron chi connectivity index (χ0n) is 3.98. The maximum Gasteiger partial charge on any atom is 0 e. The Balaban J connectivity index is 0. The molecule has 0 amide bonds. The van der Waals surface area contributed by atoms with Gasteiger partial charge in [-0.25, -0.2) is 0 Å². The summed E-state index contributed by atoms with van der Waals surface area (Å²) < 4.78 is 0. The minimum Gasteiger partial charge on any atom is -0.340 e. The van der Waals surface area contributed by atoms with Crippen molar-refractivity contribution in [3.8, 4) is 0 Å². The molecule has 0 aliphatic rings. The summed E-state index contributed by atoms with van der Waals surface area (Å²) in [6.45, 7) is 7.23. The molecule has 0 rings (SSSR count). The molecule has 0 fully saturated rings. The molecular formula is C4H9MoSi-. The Bertz CT molecular complexity index is 34.5. The van der Waals surface area contributed by atoms with E-state index in [1.807, 2.05) is 6.08 Å². The monoisotopic (exact) mass is 183 g/mol. The molecule has 0 saturated carbocycles. The van der Waals surface area contributed by atoms with Gasteiger partial charge in [-0.15, -0.1) is 12.7 Å². The van der Waals surface area contributed by atoms with Gasteiger partial charge in [0.1, 0.15) is 0 Å². The number of allylic oxidation sites excluding steroid dienone is 1. The Hall–Kier alpha value is 0.645. The molecule has 0 aromatic heterocycles. The van der Waals surface area contributed by atoms with Crippen molar-refractivity contribution < 1.29 is 21.1 Å². The molecule has 36 valence electrons. The van der Waals surface area contributed by atoms with Gasteiger partial charge in [-0.3, -0.25) is 0 Å². The summed E-state index contributed by atoms with van der Waals surface area (Å²) in [6.07, 6.45) is 1.87. The van der Waals surface area contributed by atoms with E-state index in [1.54, 1.807) is 0 Å². The number of hydrogen-bond donors (Lipinski definition) is 0. The summed E-state index contributed by atoms with van der Waals surface area (Å²) in [6, 6.07) is 0. The molecule has 0 aliphatic carbocycles. The molecule has 0 aliphatic heterocycles. The molecule has 0 N–H and O–H groups in total. The average Bonchev–Trinajstić information content (AvgIpc) is 1.38. The topological polar surface area (TPSA) is 0 Å². The summed E-state index contributed by atoms with van der Waals surface area (Å²) in [7, 11) is 1.14. The van der Waals surface area contributed by atoms with Crippen LogP contribution >= 0.6 is 0 Å². The maximum absolute atomic E-state index is 3.70. The molecule has 2 heteroatoms. The van der Waals surface area contributed by atoms with Crippen molar-refractivity contribution in [2.45, 2.75) is 5.54 Å². The van der Waals surface area contributed by atoms with E-state index in [1.165, 1.54) is 0 Å². The SMILES string of the molecule is C=CC([CH2-])[SiH3].[Mo]. The molecular weight excluding hydrogens is 172 g/mol. The van der Waals surface area contributed by atoms with Gasteiger partial charge < -0.3 is 6.92 Å². The average molecular weight is 181 g/mol. The standard InChI is InChI=1S/C4H9Si.Mo/c1-3-4(2)5;/h3-4H,1-2H2,5H3;/q-1;. The van der Waals surface area contributed by atoms with Crippen LogP contribution in [0.15, 0.2) is 12.7 Å². The Kier molecular flexibility index (Phi) is 9.23. The fraction of sp³-hybridized carbons (Fsp3) is 0.250. The largest absolute Gasteiger partial charge is 0.340 e. The fourth-order valence-corrected chi connectivity index (χ4v) is 0. The van der Waals surface area contributed by atoms with Crippen LogP contribution < -0.4 is 0 Å². The van der Waals surface area contributed by atoms with Gasteiger partial charge in [-0.05, 0) is 10.2 Å². The van der Waals surface area contributed by atoms with Gasteiger partial charge in [-0.2, -0.15) is 5.54 Å². The van der Waals surface area contributed by atoms with Gasteiger partial charge >= 0.3 is 0 Å². The molecule has 6 heavy (non-hydrogen) atoms. The van der Waals surface area contributed by atoms with Gasteiger partial charge in [-0.1, -0.05) is 0 Å². The van der Waals surface area contributed by atoms with Crippen molar-refractivity contribution in [2.75, 3.05) is 0 Å². The molecule has 0 radical (unpaired) electrons. The third-order valence-electron chi connectivity index (χ3n) is 0.402. The van der Waals surface area contributed by atoms with Crippen LogP contribution in [0, 0.1) is 6.92 Å². The van der Waals surface area contributed by atoms with Crippen LogP contribution in [0.1, 0.15) is 0 Å². The molecule has 0 aromatic carbocycles. The van der Waals surface area contributed by atoms with Gasteiger partial charge in [0.2, 0.25) is 0 Å². The van der Waals surface area contributed by atoms with E-state index < -0.39 is 0 Å². The summed E-state index contributed by atoms with van der Waals surface area (Å²) in [4.78, 5) is 0. The third kappa shape index (κ3) is 8.82. The smallest absolute Gasteiger partial charge is 0 e. The van der Waals surface area contributed by atoms with Crippen LogP contribution in [0.25, 0.3) is 0 Å². The van der Waals surface area contributed by atoms with Gasteiger partial charge in [0.25, 0.3) is 0 Å². The van der Waals surface area contributed by atoms with Gasteiger partial charge in [0, 0.05) is 21.1 Å². The zero-order valence-corrected chi connectivity index (χ0v) is 7.98. The van der Waals surface area contributed by atoms with Crippen molar-refractivity contribution in [1.82, 2.24) is 0 Å². The Morgan fingerprint density at radius 1 is 1.83 bits per heavy atom. The minimum absolute atomic E-state index is 0. The van der Waals surface area contributed by atoms with E-state index in [0.717, 1.165) is 10.2 Å². The molecule has 1 unspecified atom stereocenters. The van der Waals surface area contributed by atoms with E-state index in [9.17, 15) is 0 Å². The Labute approximate surface area is 56.7 Å². The van der Waals surface area contributed by atoms with E-state index in [0.29, 0.717) is 5.54 Å². The molecule has 0 bridgehead atoms. The first-order chi connectivity index (χ1) is 2.27. The molecule has 1 atom stereocenters. The second-order valence-electron chi connectivity index (χ2n) is 1.21. The normalized spacial score (nSPS) is 12.2.